The fourth-order valence-electron chi connectivity index (χ4n) is 15.5. The van der Waals surface area contributed by atoms with Crippen molar-refractivity contribution in [1.29, 1.82) is 0 Å². The lowest BCUT2D eigenvalue weighted by Gasteiger charge is -2.66. The Bertz CT molecular complexity index is 3680. The van der Waals surface area contributed by atoms with Crippen molar-refractivity contribution in [1.82, 2.24) is 0 Å². The van der Waals surface area contributed by atoms with E-state index in [0.717, 1.165) is 19.3 Å². The topological polar surface area (TPSA) is 9.72 Å². The molecule has 3 nitrogen and oxygen atoms in total. The molecule has 0 saturated heterocycles. The van der Waals surface area contributed by atoms with Gasteiger partial charge in [0.15, 0.2) is 0 Å². The molecule has 13 rings (SSSR count). The number of nitrogens with zero attached hydrogens (tertiary/aromatic N) is 3. The lowest BCUT2D eigenvalue weighted by atomic mass is 9.33. The maximum absolute atomic E-state index is 2.83. The van der Waals surface area contributed by atoms with Gasteiger partial charge in [0, 0.05) is 56.2 Å². The zero-order valence-corrected chi connectivity index (χ0v) is 48.3. The molecule has 8 aromatic carbocycles. The molecule has 77 heavy (non-hydrogen) atoms. The van der Waals surface area contributed by atoms with Gasteiger partial charge >= 0.3 is 0 Å². The fourth-order valence-corrected chi connectivity index (χ4v) is 15.5. The van der Waals surface area contributed by atoms with Crippen LogP contribution >= 0.6 is 0 Å². The molecule has 3 aliphatic heterocycles. The minimum atomic E-state index is -0.115. The van der Waals surface area contributed by atoms with E-state index in [1.165, 1.54) is 137 Å². The molecule has 0 bridgehead atoms. The van der Waals surface area contributed by atoms with Gasteiger partial charge in [-0.05, 0) is 189 Å². The van der Waals surface area contributed by atoms with Crippen LogP contribution in [0.25, 0.3) is 22.3 Å². The standard InChI is InChI=1S/C73H78BN3/c1-47-38-65-67-66(39-47)76(61-34-31-53(69(5,6)7)43-56(61)49-26-18-15-19-27-49)64-41-51-46-70(8,9)45-50(51)40-58(64)74(67)59-44-54(77-62-29-21-20-28-57(62)71(10,11)72(12)36-22-23-37-73(72,77)13)32-35-63(59)75(65)60-33-30-52(68(2,3)4)42-55(60)48-24-16-14-17-25-48/h14-21,24-35,38-44H,22-23,36-37,45-46H2,1-13H3. The van der Waals surface area contributed by atoms with Crippen LogP contribution in [0.5, 0.6) is 0 Å². The van der Waals surface area contributed by atoms with Crippen molar-refractivity contribution in [2.24, 2.45) is 10.8 Å². The molecule has 4 heteroatoms. The summed E-state index contributed by atoms with van der Waals surface area (Å²) in [5.74, 6) is 0. The van der Waals surface area contributed by atoms with E-state index < -0.39 is 0 Å². The van der Waals surface area contributed by atoms with E-state index in [4.69, 9.17) is 0 Å². The number of rotatable bonds is 5. The monoisotopic (exact) mass is 1010 g/mol. The molecule has 388 valence electrons. The summed E-state index contributed by atoms with van der Waals surface area (Å²) in [6.07, 6.45) is 7.00. The number of aryl methyl sites for hydroxylation is 1. The van der Waals surface area contributed by atoms with Gasteiger partial charge in [-0.15, -0.1) is 0 Å². The molecule has 0 amide bonds. The highest BCUT2D eigenvalue weighted by molar-refractivity contribution is 7.00. The van der Waals surface area contributed by atoms with Crippen LogP contribution in [-0.4, -0.2) is 12.3 Å². The van der Waals surface area contributed by atoms with Gasteiger partial charge in [-0.3, -0.25) is 0 Å². The summed E-state index contributed by atoms with van der Waals surface area (Å²) in [6, 6.07) is 64.4. The third kappa shape index (κ3) is 7.50. The maximum Gasteiger partial charge on any atom is 0.252 e. The van der Waals surface area contributed by atoms with Gasteiger partial charge in [-0.1, -0.05) is 186 Å². The van der Waals surface area contributed by atoms with Crippen LogP contribution in [0.4, 0.5) is 45.5 Å². The lowest BCUT2D eigenvalue weighted by molar-refractivity contribution is 0.0106. The van der Waals surface area contributed by atoms with Gasteiger partial charge in [0.05, 0.1) is 11.4 Å². The highest BCUT2D eigenvalue weighted by Crippen LogP contribution is 2.65. The Kier molecular flexibility index (Phi) is 11.1. The Labute approximate surface area is 461 Å². The van der Waals surface area contributed by atoms with E-state index in [2.05, 4.69) is 269 Å². The second kappa shape index (κ2) is 17.1. The second-order valence-corrected chi connectivity index (χ2v) is 27.7. The van der Waals surface area contributed by atoms with Crippen LogP contribution in [-0.2, 0) is 29.1 Å². The molecule has 1 fully saturated rings. The van der Waals surface area contributed by atoms with E-state index >= 15 is 0 Å². The number of anilines is 8. The van der Waals surface area contributed by atoms with Crippen molar-refractivity contribution >= 4 is 68.6 Å². The molecule has 5 aliphatic rings. The second-order valence-electron chi connectivity index (χ2n) is 27.7. The van der Waals surface area contributed by atoms with E-state index in [-0.39, 0.29) is 39.3 Å². The first kappa shape index (κ1) is 49.8. The van der Waals surface area contributed by atoms with Gasteiger partial charge in [0.2, 0.25) is 0 Å². The summed E-state index contributed by atoms with van der Waals surface area (Å²) in [6.45, 7) is 31.6. The largest absolute Gasteiger partial charge is 0.335 e. The Morgan fingerprint density at radius 1 is 0.455 bits per heavy atom. The number of benzene rings is 8. The smallest absolute Gasteiger partial charge is 0.252 e. The molecule has 3 heterocycles. The molecule has 2 aliphatic carbocycles. The summed E-state index contributed by atoms with van der Waals surface area (Å²) in [7, 11) is 0. The summed E-state index contributed by atoms with van der Waals surface area (Å²) in [5, 5.41) is 0. The Balaban J connectivity index is 1.15. The molecule has 0 N–H and O–H groups in total. The van der Waals surface area contributed by atoms with Crippen molar-refractivity contribution in [3.05, 3.63) is 197 Å². The summed E-state index contributed by atoms with van der Waals surface area (Å²) in [4.78, 5) is 8.21. The minimum Gasteiger partial charge on any atom is -0.335 e. The van der Waals surface area contributed by atoms with E-state index in [9.17, 15) is 0 Å². The molecular formula is C73H78BN3. The predicted molar refractivity (Wildman–Crippen MR) is 331 cm³/mol. The molecule has 0 spiro atoms. The van der Waals surface area contributed by atoms with Crippen LogP contribution < -0.4 is 31.1 Å². The van der Waals surface area contributed by atoms with E-state index in [1.807, 2.05) is 0 Å². The SMILES string of the molecule is Cc1cc2c3c(c1)N(c1ccc(C(C)(C)C)cc1-c1ccccc1)c1cc4c(cc1B3c1cc(N3c5ccccc5C(C)(C)C5(C)CCCCC35C)ccc1N2c1ccc(C(C)(C)C)cc1-c1ccccc1)CC(C)(C)C4. The zero-order chi connectivity index (χ0) is 53.8. The lowest BCUT2D eigenvalue weighted by Crippen LogP contribution is -2.67. The Morgan fingerprint density at radius 2 is 0.961 bits per heavy atom. The Morgan fingerprint density at radius 3 is 1.55 bits per heavy atom. The van der Waals surface area contributed by atoms with Crippen LogP contribution in [0.2, 0.25) is 0 Å². The number of hydrogen-bond acceptors (Lipinski definition) is 3. The van der Waals surface area contributed by atoms with Crippen LogP contribution in [0.3, 0.4) is 0 Å². The zero-order valence-electron chi connectivity index (χ0n) is 48.3. The highest BCUT2D eigenvalue weighted by atomic mass is 15.2. The highest BCUT2D eigenvalue weighted by Gasteiger charge is 2.62. The average molecular weight is 1010 g/mol. The van der Waals surface area contributed by atoms with Crippen LogP contribution in [0.15, 0.2) is 164 Å². The van der Waals surface area contributed by atoms with Crippen molar-refractivity contribution in [3.8, 4) is 22.3 Å². The third-order valence-corrected chi connectivity index (χ3v) is 20.0. The maximum atomic E-state index is 2.83. The molecule has 0 aromatic heterocycles. The summed E-state index contributed by atoms with van der Waals surface area (Å²) < 4.78 is 0. The third-order valence-electron chi connectivity index (χ3n) is 20.0. The van der Waals surface area contributed by atoms with E-state index in [0.29, 0.717) is 0 Å². The first-order valence-corrected chi connectivity index (χ1v) is 28.9. The first-order valence-electron chi connectivity index (χ1n) is 28.9. The normalized spacial score (nSPS) is 20.7. The van der Waals surface area contributed by atoms with Crippen molar-refractivity contribution in [3.63, 3.8) is 0 Å². The molecule has 1 saturated carbocycles. The minimum absolute atomic E-state index is 0.0113. The number of hydrogen-bond donors (Lipinski definition) is 0. The molecular weight excluding hydrogens is 930 g/mol. The van der Waals surface area contributed by atoms with Crippen molar-refractivity contribution in [2.75, 3.05) is 14.7 Å². The Hall–Kier alpha value is -6.78. The van der Waals surface area contributed by atoms with Crippen LogP contribution in [0, 0.1) is 17.8 Å². The summed E-state index contributed by atoms with van der Waals surface area (Å²) >= 11 is 0. The van der Waals surface area contributed by atoms with Gasteiger partial charge in [-0.2, -0.15) is 0 Å². The number of para-hydroxylation sites is 1. The van der Waals surface area contributed by atoms with Crippen molar-refractivity contribution < 1.29 is 0 Å². The summed E-state index contributed by atoms with van der Waals surface area (Å²) in [5.41, 5.74) is 27.6. The molecule has 8 aromatic rings. The molecule has 2 atom stereocenters. The average Bonchev–Trinajstić information content (AvgIpc) is 3.73. The van der Waals surface area contributed by atoms with Gasteiger partial charge < -0.3 is 14.7 Å². The molecule has 2 unspecified atom stereocenters. The van der Waals surface area contributed by atoms with Crippen molar-refractivity contribution in [2.45, 2.75) is 150 Å². The molecule has 0 radical (unpaired) electrons. The van der Waals surface area contributed by atoms with E-state index in [1.54, 1.807) is 0 Å². The van der Waals surface area contributed by atoms with Gasteiger partial charge in [0.1, 0.15) is 0 Å². The quantitative estimate of drug-likeness (QED) is 0.159. The first-order chi connectivity index (χ1) is 36.6. The van der Waals surface area contributed by atoms with Gasteiger partial charge in [-0.25, -0.2) is 0 Å². The van der Waals surface area contributed by atoms with Gasteiger partial charge in [0.25, 0.3) is 6.71 Å². The van der Waals surface area contributed by atoms with Crippen LogP contribution in [0.1, 0.15) is 142 Å². The predicted octanol–water partition coefficient (Wildman–Crippen LogP) is 17.9. The number of fused-ring (bicyclic) bond motifs is 7. The fraction of sp³-hybridized carbons (Fsp3) is 0.342.